The zero-order valence-electron chi connectivity index (χ0n) is 5.25. The van der Waals surface area contributed by atoms with Gasteiger partial charge in [0.2, 0.25) is 0 Å². The lowest BCUT2D eigenvalue weighted by atomic mass is 10.4. The minimum absolute atomic E-state index is 0.351. The Morgan fingerprint density at radius 3 is 3.00 bits per heavy atom. The molecule has 0 spiro atoms. The van der Waals surface area contributed by atoms with Crippen LogP contribution in [-0.2, 0) is 0 Å². The molecule has 0 aliphatic heterocycles. The van der Waals surface area contributed by atoms with Crippen molar-refractivity contribution in [3.05, 3.63) is 26.2 Å². The molecule has 0 bridgehead atoms. The van der Waals surface area contributed by atoms with Crippen LogP contribution in [0, 0.1) is 0 Å². The Morgan fingerprint density at radius 1 is 1.36 bits per heavy atom. The number of rotatable bonds is 0. The summed E-state index contributed by atoms with van der Waals surface area (Å²) in [5.74, 6) is 0. The number of H-pyrrole nitrogens is 2. The molecule has 56 valence electrons. The first-order valence-corrected chi connectivity index (χ1v) is 3.68. The van der Waals surface area contributed by atoms with Gasteiger partial charge in [0, 0.05) is 5.38 Å². The first kappa shape index (κ1) is 6.29. The number of hydrogen-bond donors (Lipinski definition) is 2. The Kier molecular flexibility index (Phi) is 1.16. The maximum atomic E-state index is 11.0. The lowest BCUT2D eigenvalue weighted by molar-refractivity contribution is 1.07. The molecule has 2 aromatic heterocycles. The molecule has 2 heterocycles. The predicted molar refractivity (Wildman–Crippen MR) is 40.9 cm³/mol. The van der Waals surface area contributed by atoms with Crippen LogP contribution in [-0.4, -0.2) is 14.3 Å². The molecule has 0 unspecified atom stereocenters. The van der Waals surface area contributed by atoms with Gasteiger partial charge in [0.15, 0.2) is 5.65 Å². The molecule has 0 radical (unpaired) electrons. The van der Waals surface area contributed by atoms with Crippen LogP contribution in [0.25, 0.3) is 11.0 Å². The van der Waals surface area contributed by atoms with Gasteiger partial charge in [-0.2, -0.15) is 4.37 Å². The summed E-state index contributed by atoms with van der Waals surface area (Å²) in [4.78, 5) is 26.1. The largest absolute Gasteiger partial charge is 0.327 e. The molecule has 0 saturated carbocycles. The van der Waals surface area contributed by atoms with Crippen LogP contribution in [0.5, 0.6) is 0 Å². The van der Waals surface area contributed by atoms with Crippen molar-refractivity contribution in [1.29, 1.82) is 0 Å². The van der Waals surface area contributed by atoms with E-state index in [4.69, 9.17) is 0 Å². The molecule has 0 amide bonds. The van der Waals surface area contributed by atoms with Gasteiger partial charge < -0.3 is 0 Å². The minimum atomic E-state index is -0.520. The van der Waals surface area contributed by atoms with Crippen LogP contribution in [0.15, 0.2) is 15.0 Å². The summed E-state index contributed by atoms with van der Waals surface area (Å²) in [5, 5.41) is 2.01. The summed E-state index contributed by atoms with van der Waals surface area (Å²) < 4.78 is 3.81. The van der Waals surface area contributed by atoms with E-state index in [9.17, 15) is 9.59 Å². The molecule has 2 rings (SSSR count). The summed E-state index contributed by atoms with van der Waals surface area (Å²) in [5.41, 5.74) is -0.561. The fourth-order valence-electron chi connectivity index (χ4n) is 0.797. The van der Waals surface area contributed by atoms with Crippen molar-refractivity contribution in [1.82, 2.24) is 14.3 Å². The zero-order chi connectivity index (χ0) is 7.84. The van der Waals surface area contributed by atoms with Gasteiger partial charge in [-0.05, 0) is 11.5 Å². The summed E-state index contributed by atoms with van der Waals surface area (Å²) in [6.07, 6.45) is 0. The van der Waals surface area contributed by atoms with Crippen LogP contribution in [0.2, 0.25) is 0 Å². The number of nitrogens with one attached hydrogen (secondary N) is 2. The second-order valence-electron chi connectivity index (χ2n) is 1.99. The van der Waals surface area contributed by atoms with Crippen molar-refractivity contribution >= 4 is 22.6 Å². The van der Waals surface area contributed by atoms with Gasteiger partial charge in [-0.3, -0.25) is 14.8 Å². The van der Waals surface area contributed by atoms with Gasteiger partial charge in [0.1, 0.15) is 0 Å². The van der Waals surface area contributed by atoms with Crippen molar-refractivity contribution in [2.24, 2.45) is 0 Å². The SMILES string of the molecule is O=c1[nH]c(=O)c2csnc2[nH]1. The topological polar surface area (TPSA) is 78.6 Å². The van der Waals surface area contributed by atoms with Crippen LogP contribution in [0.1, 0.15) is 0 Å². The van der Waals surface area contributed by atoms with E-state index in [2.05, 4.69) is 14.3 Å². The van der Waals surface area contributed by atoms with E-state index in [0.29, 0.717) is 11.0 Å². The van der Waals surface area contributed by atoms with Crippen molar-refractivity contribution in [3.63, 3.8) is 0 Å². The average Bonchev–Trinajstić information content (AvgIpc) is 2.34. The lowest BCUT2D eigenvalue weighted by Crippen LogP contribution is -2.21. The normalized spacial score (nSPS) is 10.5. The fourth-order valence-corrected chi connectivity index (χ4v) is 1.42. The molecule has 0 aromatic carbocycles. The molecular weight excluding hydrogens is 166 g/mol. The van der Waals surface area contributed by atoms with Gasteiger partial charge in [-0.1, -0.05) is 0 Å². The number of aromatic nitrogens is 3. The van der Waals surface area contributed by atoms with E-state index in [-0.39, 0.29) is 0 Å². The molecule has 2 aromatic rings. The second-order valence-corrected chi connectivity index (χ2v) is 2.61. The number of nitrogens with zero attached hydrogens (tertiary/aromatic N) is 1. The molecule has 2 N–H and O–H groups in total. The predicted octanol–water partition coefficient (Wildman–Crippen LogP) is -0.327. The van der Waals surface area contributed by atoms with Gasteiger partial charge in [0.05, 0.1) is 5.39 Å². The third-order valence-electron chi connectivity index (χ3n) is 1.27. The van der Waals surface area contributed by atoms with Gasteiger partial charge >= 0.3 is 5.69 Å². The maximum Gasteiger partial charge on any atom is 0.327 e. The zero-order valence-corrected chi connectivity index (χ0v) is 6.07. The summed E-state index contributed by atoms with van der Waals surface area (Å²) in [6.45, 7) is 0. The average molecular weight is 169 g/mol. The van der Waals surface area contributed by atoms with Gasteiger partial charge in [-0.15, -0.1) is 0 Å². The number of fused-ring (bicyclic) bond motifs is 1. The summed E-state index contributed by atoms with van der Waals surface area (Å²) in [6, 6.07) is 0. The monoisotopic (exact) mass is 169 g/mol. The highest BCUT2D eigenvalue weighted by atomic mass is 32.1. The van der Waals surface area contributed by atoms with E-state index >= 15 is 0 Å². The van der Waals surface area contributed by atoms with E-state index in [1.54, 1.807) is 5.38 Å². The molecule has 0 saturated heterocycles. The van der Waals surface area contributed by atoms with E-state index < -0.39 is 11.2 Å². The smallest absolute Gasteiger partial charge is 0.290 e. The fraction of sp³-hybridized carbons (Fsp3) is 0. The minimum Gasteiger partial charge on any atom is -0.290 e. The Morgan fingerprint density at radius 2 is 2.18 bits per heavy atom. The van der Waals surface area contributed by atoms with Crippen LogP contribution < -0.4 is 11.2 Å². The van der Waals surface area contributed by atoms with Crippen molar-refractivity contribution in [3.8, 4) is 0 Å². The van der Waals surface area contributed by atoms with Gasteiger partial charge in [-0.25, -0.2) is 4.79 Å². The molecular formula is C5H3N3O2S. The highest BCUT2D eigenvalue weighted by Crippen LogP contribution is 2.03. The van der Waals surface area contributed by atoms with Gasteiger partial charge in [0.25, 0.3) is 5.56 Å². The Labute approximate surface area is 63.9 Å². The van der Waals surface area contributed by atoms with Crippen LogP contribution in [0.4, 0.5) is 0 Å². The summed E-state index contributed by atoms with van der Waals surface area (Å²) in [7, 11) is 0. The van der Waals surface area contributed by atoms with Crippen LogP contribution in [0.3, 0.4) is 0 Å². The Balaban J connectivity index is 3.15. The van der Waals surface area contributed by atoms with E-state index in [0.717, 1.165) is 11.5 Å². The Hall–Kier alpha value is -1.43. The quantitative estimate of drug-likeness (QED) is 0.567. The van der Waals surface area contributed by atoms with Crippen molar-refractivity contribution < 1.29 is 0 Å². The van der Waals surface area contributed by atoms with E-state index in [1.807, 2.05) is 0 Å². The number of aromatic amines is 2. The first-order valence-electron chi connectivity index (χ1n) is 2.84. The maximum absolute atomic E-state index is 11.0. The molecule has 11 heavy (non-hydrogen) atoms. The highest BCUT2D eigenvalue weighted by Gasteiger charge is 2.00. The summed E-state index contributed by atoms with van der Waals surface area (Å²) >= 11 is 1.14. The first-order chi connectivity index (χ1) is 5.27. The number of hydrogen-bond acceptors (Lipinski definition) is 4. The highest BCUT2D eigenvalue weighted by molar-refractivity contribution is 7.04. The molecule has 5 nitrogen and oxygen atoms in total. The molecule has 0 atom stereocenters. The second kappa shape index (κ2) is 2.03. The third kappa shape index (κ3) is 0.874. The van der Waals surface area contributed by atoms with E-state index in [1.165, 1.54) is 0 Å². The molecule has 6 heteroatoms. The Bertz CT molecular complexity index is 494. The molecule has 0 aliphatic rings. The van der Waals surface area contributed by atoms with Crippen molar-refractivity contribution in [2.45, 2.75) is 0 Å². The lowest BCUT2D eigenvalue weighted by Gasteiger charge is -1.83. The van der Waals surface area contributed by atoms with Crippen LogP contribution >= 0.6 is 11.5 Å². The standard InChI is InChI=1S/C5H3N3O2S/c9-4-2-1-11-8-3(2)6-5(10)7-4/h1H,(H2,6,7,8,9,10). The molecule has 0 fully saturated rings. The molecule has 0 aliphatic carbocycles. The third-order valence-corrected chi connectivity index (χ3v) is 1.90. The van der Waals surface area contributed by atoms with Crippen molar-refractivity contribution in [2.75, 3.05) is 0 Å².